The van der Waals surface area contributed by atoms with Crippen molar-refractivity contribution in [2.24, 2.45) is 5.84 Å². The second-order valence-electron chi connectivity index (χ2n) is 4.01. The number of hydrogen-bond acceptors (Lipinski definition) is 4. The van der Waals surface area contributed by atoms with E-state index in [1.165, 1.54) is 0 Å². The topological polar surface area (TPSA) is 69.0 Å². The van der Waals surface area contributed by atoms with Crippen LogP contribution in [0, 0.1) is 6.92 Å². The Morgan fingerprint density at radius 3 is 2.94 bits per heavy atom. The standard InChI is InChI=1S/C12H18N4O/c1-3-7-16-11(4-6-14-16)12(15-13)10-5-8-17-9(10)2/h4-6,8,12,15H,3,7,13H2,1-2H3. The molecule has 2 aromatic heterocycles. The molecule has 17 heavy (non-hydrogen) atoms. The average Bonchev–Trinajstić information content (AvgIpc) is 2.92. The minimum atomic E-state index is -0.0807. The summed E-state index contributed by atoms with van der Waals surface area (Å²) >= 11 is 0. The number of rotatable bonds is 5. The maximum absolute atomic E-state index is 5.66. The molecule has 2 aromatic rings. The third kappa shape index (κ3) is 2.25. The van der Waals surface area contributed by atoms with Crippen molar-refractivity contribution in [2.45, 2.75) is 32.9 Å². The van der Waals surface area contributed by atoms with Crippen LogP contribution in [0.25, 0.3) is 0 Å². The van der Waals surface area contributed by atoms with Crippen LogP contribution in [0.3, 0.4) is 0 Å². The minimum absolute atomic E-state index is 0.0807. The van der Waals surface area contributed by atoms with E-state index in [1.54, 1.807) is 12.5 Å². The molecule has 0 aliphatic rings. The summed E-state index contributed by atoms with van der Waals surface area (Å²) in [7, 11) is 0. The molecule has 5 nitrogen and oxygen atoms in total. The number of hydrogen-bond donors (Lipinski definition) is 2. The fourth-order valence-electron chi connectivity index (χ4n) is 2.02. The number of furan rings is 1. The zero-order chi connectivity index (χ0) is 12.3. The maximum Gasteiger partial charge on any atom is 0.105 e. The van der Waals surface area contributed by atoms with Gasteiger partial charge in [-0.2, -0.15) is 5.10 Å². The molecular weight excluding hydrogens is 216 g/mol. The Labute approximate surface area is 101 Å². The molecule has 0 saturated carbocycles. The third-order valence-corrected chi connectivity index (χ3v) is 2.86. The molecule has 2 heterocycles. The molecule has 3 N–H and O–H groups in total. The van der Waals surface area contributed by atoms with E-state index in [0.717, 1.165) is 30.0 Å². The van der Waals surface area contributed by atoms with Gasteiger partial charge in [0.05, 0.1) is 18.0 Å². The highest BCUT2D eigenvalue weighted by molar-refractivity contribution is 5.28. The van der Waals surface area contributed by atoms with Crippen molar-refractivity contribution in [3.63, 3.8) is 0 Å². The first kappa shape index (κ1) is 11.9. The maximum atomic E-state index is 5.66. The van der Waals surface area contributed by atoms with Crippen molar-refractivity contribution in [2.75, 3.05) is 0 Å². The summed E-state index contributed by atoms with van der Waals surface area (Å²) in [5.41, 5.74) is 4.93. The third-order valence-electron chi connectivity index (χ3n) is 2.86. The van der Waals surface area contributed by atoms with Crippen LogP contribution >= 0.6 is 0 Å². The van der Waals surface area contributed by atoms with Crippen molar-refractivity contribution in [1.82, 2.24) is 15.2 Å². The first-order valence-corrected chi connectivity index (χ1v) is 5.79. The predicted octanol–water partition coefficient (Wildman–Crippen LogP) is 1.75. The fraction of sp³-hybridized carbons (Fsp3) is 0.417. The van der Waals surface area contributed by atoms with E-state index < -0.39 is 0 Å². The number of nitrogens with one attached hydrogen (secondary N) is 1. The highest BCUT2D eigenvalue weighted by Crippen LogP contribution is 2.24. The van der Waals surface area contributed by atoms with E-state index in [9.17, 15) is 0 Å². The van der Waals surface area contributed by atoms with Gasteiger partial charge in [0.15, 0.2) is 0 Å². The largest absolute Gasteiger partial charge is 0.469 e. The Hall–Kier alpha value is -1.59. The fourth-order valence-corrected chi connectivity index (χ4v) is 2.02. The van der Waals surface area contributed by atoms with Gasteiger partial charge in [-0.25, -0.2) is 5.43 Å². The summed E-state index contributed by atoms with van der Waals surface area (Å²) in [6.45, 7) is 4.94. The lowest BCUT2D eigenvalue weighted by Gasteiger charge is -2.17. The van der Waals surface area contributed by atoms with Gasteiger partial charge < -0.3 is 4.42 Å². The Kier molecular flexibility index (Phi) is 3.61. The molecule has 92 valence electrons. The second-order valence-corrected chi connectivity index (χ2v) is 4.01. The molecule has 1 unspecified atom stereocenters. The van der Waals surface area contributed by atoms with Crippen LogP contribution in [0.2, 0.25) is 0 Å². The van der Waals surface area contributed by atoms with Crippen LogP contribution in [0.4, 0.5) is 0 Å². The smallest absolute Gasteiger partial charge is 0.105 e. The molecule has 2 rings (SSSR count). The molecular formula is C12H18N4O. The first-order valence-electron chi connectivity index (χ1n) is 5.79. The Balaban J connectivity index is 2.35. The lowest BCUT2D eigenvalue weighted by molar-refractivity contribution is 0.498. The highest BCUT2D eigenvalue weighted by atomic mass is 16.3. The highest BCUT2D eigenvalue weighted by Gasteiger charge is 2.20. The summed E-state index contributed by atoms with van der Waals surface area (Å²) in [6.07, 6.45) is 4.51. The average molecular weight is 234 g/mol. The molecule has 5 heteroatoms. The molecule has 0 aliphatic heterocycles. The van der Waals surface area contributed by atoms with Crippen molar-refractivity contribution in [3.8, 4) is 0 Å². The normalized spacial score (nSPS) is 12.9. The lowest BCUT2D eigenvalue weighted by Crippen LogP contribution is -2.31. The zero-order valence-corrected chi connectivity index (χ0v) is 10.2. The predicted molar refractivity (Wildman–Crippen MR) is 65.1 cm³/mol. The van der Waals surface area contributed by atoms with Crippen molar-refractivity contribution in [3.05, 3.63) is 41.6 Å². The number of nitrogens with two attached hydrogens (primary N) is 1. The lowest BCUT2D eigenvalue weighted by atomic mass is 10.1. The van der Waals surface area contributed by atoms with Gasteiger partial charge in [-0.1, -0.05) is 6.92 Å². The van der Waals surface area contributed by atoms with Gasteiger partial charge in [-0.05, 0) is 25.5 Å². The molecule has 0 amide bonds. The minimum Gasteiger partial charge on any atom is -0.469 e. The van der Waals surface area contributed by atoms with Gasteiger partial charge in [0.25, 0.3) is 0 Å². The van der Waals surface area contributed by atoms with Gasteiger partial charge in [-0.15, -0.1) is 0 Å². The summed E-state index contributed by atoms with van der Waals surface area (Å²) in [4.78, 5) is 0. The summed E-state index contributed by atoms with van der Waals surface area (Å²) in [5.74, 6) is 6.53. The van der Waals surface area contributed by atoms with Crippen molar-refractivity contribution in [1.29, 1.82) is 0 Å². The summed E-state index contributed by atoms with van der Waals surface area (Å²) in [6, 6.07) is 3.83. The molecule has 0 aromatic carbocycles. The Bertz CT molecular complexity index is 474. The van der Waals surface area contributed by atoms with E-state index in [0.29, 0.717) is 0 Å². The van der Waals surface area contributed by atoms with Crippen molar-refractivity contribution < 1.29 is 4.42 Å². The van der Waals surface area contributed by atoms with Gasteiger partial charge in [-0.3, -0.25) is 10.5 Å². The number of aryl methyl sites for hydroxylation is 2. The molecule has 0 aliphatic carbocycles. The Morgan fingerprint density at radius 1 is 1.53 bits per heavy atom. The first-order chi connectivity index (χ1) is 8.27. The number of aromatic nitrogens is 2. The van der Waals surface area contributed by atoms with Crippen LogP contribution in [-0.4, -0.2) is 9.78 Å². The summed E-state index contributed by atoms with van der Waals surface area (Å²) in [5, 5.41) is 4.30. The van der Waals surface area contributed by atoms with E-state index in [1.807, 2.05) is 23.7 Å². The van der Waals surface area contributed by atoms with Gasteiger partial charge >= 0.3 is 0 Å². The van der Waals surface area contributed by atoms with Crippen LogP contribution in [0.15, 0.2) is 29.0 Å². The molecule has 0 spiro atoms. The Morgan fingerprint density at radius 2 is 2.35 bits per heavy atom. The van der Waals surface area contributed by atoms with Crippen LogP contribution in [-0.2, 0) is 6.54 Å². The van der Waals surface area contributed by atoms with Gasteiger partial charge in [0.2, 0.25) is 0 Å². The van der Waals surface area contributed by atoms with Crippen molar-refractivity contribution >= 4 is 0 Å². The van der Waals surface area contributed by atoms with E-state index in [2.05, 4.69) is 17.4 Å². The van der Waals surface area contributed by atoms with Crippen LogP contribution in [0.5, 0.6) is 0 Å². The molecule has 0 bridgehead atoms. The molecule has 1 atom stereocenters. The van der Waals surface area contributed by atoms with Crippen LogP contribution in [0.1, 0.15) is 36.4 Å². The molecule has 0 radical (unpaired) electrons. The monoisotopic (exact) mass is 234 g/mol. The van der Waals surface area contributed by atoms with Gasteiger partial charge in [0, 0.05) is 18.3 Å². The van der Waals surface area contributed by atoms with E-state index in [4.69, 9.17) is 10.3 Å². The SMILES string of the molecule is CCCn1nccc1C(NN)c1ccoc1C. The van der Waals surface area contributed by atoms with Gasteiger partial charge in [0.1, 0.15) is 5.76 Å². The molecule has 0 fully saturated rings. The van der Waals surface area contributed by atoms with E-state index in [-0.39, 0.29) is 6.04 Å². The second kappa shape index (κ2) is 5.16. The number of nitrogens with zero attached hydrogens (tertiary/aromatic N) is 2. The number of hydrazine groups is 1. The summed E-state index contributed by atoms with van der Waals surface area (Å²) < 4.78 is 7.29. The molecule has 0 saturated heterocycles. The van der Waals surface area contributed by atoms with Crippen LogP contribution < -0.4 is 11.3 Å². The zero-order valence-electron chi connectivity index (χ0n) is 10.2. The quantitative estimate of drug-likeness (QED) is 0.611. The van der Waals surface area contributed by atoms with E-state index >= 15 is 0 Å².